The van der Waals surface area contributed by atoms with Crippen LogP contribution in [0.3, 0.4) is 0 Å². The maximum Gasteiger partial charge on any atom is 0.256 e. The van der Waals surface area contributed by atoms with Gasteiger partial charge in [0, 0.05) is 49.2 Å². The van der Waals surface area contributed by atoms with E-state index in [1.165, 1.54) is 24.2 Å². The Hall–Kier alpha value is -3.14. The van der Waals surface area contributed by atoms with Crippen LogP contribution >= 0.6 is 0 Å². The lowest BCUT2D eigenvalue weighted by Crippen LogP contribution is -2.65. The first-order valence-electron chi connectivity index (χ1n) is 12.2. The van der Waals surface area contributed by atoms with Gasteiger partial charge in [-0.2, -0.15) is 0 Å². The smallest absolute Gasteiger partial charge is 0.256 e. The average molecular weight is 481 g/mol. The molecule has 5 heterocycles. The maximum atomic E-state index is 13.1. The van der Waals surface area contributed by atoms with Gasteiger partial charge >= 0.3 is 0 Å². The standard InChI is InChI=1S/C25H30F2N8/c1-15(2)11-33-13-25(14-33)7-18(8-25)31-24-29-10-21-19(4-5-35(21)32-24)17-6-20-23(28-9-17)30-16(3)34(20)12-22(26)27/h4-6,9-10,15,18,22H,7-8,11-14H2,1-3H3,(H,31,32). The van der Waals surface area contributed by atoms with Gasteiger partial charge in [0.1, 0.15) is 5.82 Å². The number of nitrogens with one attached hydrogen (secondary N) is 1. The van der Waals surface area contributed by atoms with E-state index in [-0.39, 0.29) is 0 Å². The summed E-state index contributed by atoms with van der Waals surface area (Å²) in [5.41, 5.74) is 4.10. The Morgan fingerprint density at radius 2 is 1.91 bits per heavy atom. The van der Waals surface area contributed by atoms with Crippen LogP contribution in [0, 0.1) is 18.3 Å². The summed E-state index contributed by atoms with van der Waals surface area (Å²) in [7, 11) is 0. The summed E-state index contributed by atoms with van der Waals surface area (Å²) in [6.07, 6.45) is 5.28. The minimum Gasteiger partial charge on any atom is -0.350 e. The lowest BCUT2D eigenvalue weighted by molar-refractivity contribution is -0.0711. The number of fused-ring (bicyclic) bond motifs is 2. The van der Waals surface area contributed by atoms with E-state index < -0.39 is 13.0 Å². The van der Waals surface area contributed by atoms with Crippen LogP contribution in [0.5, 0.6) is 0 Å². The van der Waals surface area contributed by atoms with Crippen molar-refractivity contribution in [3.05, 3.63) is 36.5 Å². The van der Waals surface area contributed by atoms with Crippen molar-refractivity contribution in [2.24, 2.45) is 11.3 Å². The number of likely N-dealkylation sites (tertiary alicyclic amines) is 1. The molecule has 6 rings (SSSR count). The highest BCUT2D eigenvalue weighted by Gasteiger charge is 2.52. The van der Waals surface area contributed by atoms with Gasteiger partial charge in [0.2, 0.25) is 5.95 Å². The lowest BCUT2D eigenvalue weighted by atomic mass is 9.60. The van der Waals surface area contributed by atoms with E-state index in [1.54, 1.807) is 23.8 Å². The molecule has 4 aromatic rings. The summed E-state index contributed by atoms with van der Waals surface area (Å²) in [5.74, 6) is 1.87. The molecule has 10 heteroatoms. The van der Waals surface area contributed by atoms with E-state index in [0.717, 1.165) is 35.4 Å². The van der Waals surface area contributed by atoms with Gasteiger partial charge in [0.25, 0.3) is 6.43 Å². The molecule has 0 bridgehead atoms. The fourth-order valence-corrected chi connectivity index (χ4v) is 5.92. The van der Waals surface area contributed by atoms with Crippen molar-refractivity contribution in [2.45, 2.75) is 52.6 Å². The van der Waals surface area contributed by atoms with E-state index in [4.69, 9.17) is 0 Å². The number of aromatic nitrogens is 6. The SMILES string of the molecule is Cc1nc2ncc(-c3ccn4nc(NC5CC6(C5)CN(CC(C)C)C6)ncc34)cc2n1CC(F)F. The highest BCUT2D eigenvalue weighted by Crippen LogP contribution is 2.49. The van der Waals surface area contributed by atoms with Crippen LogP contribution < -0.4 is 5.32 Å². The van der Waals surface area contributed by atoms with Gasteiger partial charge in [0.15, 0.2) is 5.65 Å². The van der Waals surface area contributed by atoms with Crippen molar-refractivity contribution in [3.8, 4) is 11.1 Å². The van der Waals surface area contributed by atoms with Gasteiger partial charge in [-0.25, -0.2) is 28.2 Å². The number of nitrogens with zero attached hydrogens (tertiary/aromatic N) is 7. The Morgan fingerprint density at radius 1 is 1.11 bits per heavy atom. The number of imidazole rings is 1. The topological polar surface area (TPSA) is 76.2 Å². The Kier molecular flexibility index (Phi) is 5.24. The van der Waals surface area contributed by atoms with Gasteiger partial charge in [-0.05, 0) is 43.2 Å². The first-order chi connectivity index (χ1) is 16.8. The molecule has 1 N–H and O–H groups in total. The number of halogens is 2. The molecule has 35 heavy (non-hydrogen) atoms. The number of hydrogen-bond acceptors (Lipinski definition) is 6. The highest BCUT2D eigenvalue weighted by molar-refractivity contribution is 5.85. The molecule has 1 aliphatic heterocycles. The monoisotopic (exact) mass is 480 g/mol. The Labute approximate surface area is 202 Å². The molecule has 1 spiro atoms. The fourth-order valence-electron chi connectivity index (χ4n) is 5.92. The molecule has 8 nitrogen and oxygen atoms in total. The largest absolute Gasteiger partial charge is 0.350 e. The Morgan fingerprint density at radius 3 is 2.66 bits per heavy atom. The predicted octanol–water partition coefficient (Wildman–Crippen LogP) is 4.25. The number of anilines is 1. The number of aryl methyl sites for hydroxylation is 1. The molecule has 2 aliphatic rings. The van der Waals surface area contributed by atoms with E-state index in [1.807, 2.05) is 18.3 Å². The predicted molar refractivity (Wildman–Crippen MR) is 131 cm³/mol. The van der Waals surface area contributed by atoms with Crippen LogP contribution in [0.1, 0.15) is 32.5 Å². The minimum absolute atomic E-state index is 0.402. The number of rotatable bonds is 7. The third-order valence-corrected chi connectivity index (χ3v) is 7.28. The maximum absolute atomic E-state index is 13.1. The van der Waals surface area contributed by atoms with Crippen LogP contribution in [0.25, 0.3) is 27.8 Å². The highest BCUT2D eigenvalue weighted by atomic mass is 19.3. The first-order valence-corrected chi connectivity index (χ1v) is 12.2. The molecule has 184 valence electrons. The molecule has 0 atom stereocenters. The zero-order valence-corrected chi connectivity index (χ0v) is 20.2. The van der Waals surface area contributed by atoms with Crippen LogP contribution in [0.4, 0.5) is 14.7 Å². The third kappa shape index (κ3) is 4.03. The van der Waals surface area contributed by atoms with Crippen LogP contribution in [0.2, 0.25) is 0 Å². The number of alkyl halides is 2. The molecule has 0 radical (unpaired) electrons. The minimum atomic E-state index is -2.46. The second-order valence-corrected chi connectivity index (χ2v) is 10.7. The van der Waals surface area contributed by atoms with Crippen molar-refractivity contribution in [1.29, 1.82) is 0 Å². The molecular formula is C25H30F2N8. The Bertz CT molecular complexity index is 1380. The van der Waals surface area contributed by atoms with E-state index >= 15 is 0 Å². The lowest BCUT2D eigenvalue weighted by Gasteiger charge is -2.59. The zero-order chi connectivity index (χ0) is 24.3. The van der Waals surface area contributed by atoms with Crippen molar-refractivity contribution >= 4 is 22.6 Å². The molecule has 2 fully saturated rings. The van der Waals surface area contributed by atoms with Crippen molar-refractivity contribution < 1.29 is 8.78 Å². The van der Waals surface area contributed by atoms with Crippen LogP contribution in [0.15, 0.2) is 30.7 Å². The van der Waals surface area contributed by atoms with Crippen molar-refractivity contribution in [2.75, 3.05) is 25.0 Å². The van der Waals surface area contributed by atoms with Gasteiger partial charge in [-0.15, -0.1) is 5.10 Å². The molecule has 1 aliphatic carbocycles. The van der Waals surface area contributed by atoms with E-state index in [9.17, 15) is 8.78 Å². The van der Waals surface area contributed by atoms with Gasteiger partial charge < -0.3 is 14.8 Å². The molecule has 0 amide bonds. The average Bonchev–Trinajstić information content (AvgIpc) is 3.30. The number of pyridine rings is 1. The first kappa shape index (κ1) is 22.3. The third-order valence-electron chi connectivity index (χ3n) is 7.28. The summed E-state index contributed by atoms with van der Waals surface area (Å²) >= 11 is 0. The molecule has 0 aromatic carbocycles. The summed E-state index contributed by atoms with van der Waals surface area (Å²) in [5, 5.41) is 8.15. The summed E-state index contributed by atoms with van der Waals surface area (Å²) in [6, 6.07) is 4.22. The number of hydrogen-bond donors (Lipinski definition) is 1. The van der Waals surface area contributed by atoms with Crippen molar-refractivity contribution in [3.63, 3.8) is 0 Å². The van der Waals surface area contributed by atoms with Gasteiger partial charge in [-0.3, -0.25) is 0 Å². The van der Waals surface area contributed by atoms with Crippen molar-refractivity contribution in [1.82, 2.24) is 34.0 Å². The van der Waals surface area contributed by atoms with Crippen LogP contribution in [-0.4, -0.2) is 66.1 Å². The molecule has 1 saturated heterocycles. The molecule has 1 saturated carbocycles. The molecule has 0 unspecified atom stereocenters. The van der Waals surface area contributed by atoms with Crippen LogP contribution in [-0.2, 0) is 6.54 Å². The Balaban J connectivity index is 1.18. The summed E-state index contributed by atoms with van der Waals surface area (Å²) < 4.78 is 29.5. The van der Waals surface area contributed by atoms with Gasteiger partial charge in [0.05, 0.1) is 23.8 Å². The second kappa shape index (κ2) is 8.22. The molecular weight excluding hydrogens is 450 g/mol. The molecule has 4 aromatic heterocycles. The quantitative estimate of drug-likeness (QED) is 0.426. The summed E-state index contributed by atoms with van der Waals surface area (Å²) in [6.45, 7) is 9.46. The van der Waals surface area contributed by atoms with E-state index in [0.29, 0.717) is 34.4 Å². The summed E-state index contributed by atoms with van der Waals surface area (Å²) in [4.78, 5) is 15.9. The fraction of sp³-hybridized carbons (Fsp3) is 0.520. The normalized spacial score (nSPS) is 18.1. The zero-order valence-electron chi connectivity index (χ0n) is 20.2. The van der Waals surface area contributed by atoms with Gasteiger partial charge in [-0.1, -0.05) is 13.8 Å². The second-order valence-electron chi connectivity index (χ2n) is 10.7. The van der Waals surface area contributed by atoms with E-state index in [2.05, 4.69) is 44.1 Å².